The van der Waals surface area contributed by atoms with E-state index in [2.05, 4.69) is 10.4 Å². The largest absolute Gasteiger partial charge is 0.379 e. The van der Waals surface area contributed by atoms with E-state index in [1.807, 2.05) is 50.2 Å². The van der Waals surface area contributed by atoms with Crippen molar-refractivity contribution in [2.75, 3.05) is 13.2 Å². The van der Waals surface area contributed by atoms with E-state index in [-0.39, 0.29) is 18.1 Å². The maximum Gasteiger partial charge on any atom is 0.269 e. The zero-order valence-electron chi connectivity index (χ0n) is 14.8. The van der Waals surface area contributed by atoms with Crippen molar-refractivity contribution in [3.63, 3.8) is 0 Å². The second-order valence-corrected chi connectivity index (χ2v) is 6.27. The van der Waals surface area contributed by atoms with Gasteiger partial charge in [-0.25, -0.2) is 0 Å². The molecular weight excluding hydrogens is 318 g/mol. The van der Waals surface area contributed by atoms with Crippen LogP contribution in [0.4, 0.5) is 0 Å². The third-order valence-corrected chi connectivity index (χ3v) is 4.36. The van der Waals surface area contributed by atoms with E-state index in [0.29, 0.717) is 32.1 Å². The first-order valence-electron chi connectivity index (χ1n) is 8.76. The SMILES string of the molecule is CCn1nc(C)cc1C(=O)N[C@@H]1CCOC[C@H]1OCc1ccccc1. The Morgan fingerprint density at radius 3 is 2.96 bits per heavy atom. The van der Waals surface area contributed by atoms with Gasteiger partial charge in [-0.3, -0.25) is 9.48 Å². The van der Waals surface area contributed by atoms with Crippen LogP contribution in [0.3, 0.4) is 0 Å². The highest BCUT2D eigenvalue weighted by molar-refractivity contribution is 5.92. The van der Waals surface area contributed by atoms with Crippen molar-refractivity contribution in [2.24, 2.45) is 0 Å². The highest BCUT2D eigenvalue weighted by atomic mass is 16.5. The van der Waals surface area contributed by atoms with Gasteiger partial charge < -0.3 is 14.8 Å². The van der Waals surface area contributed by atoms with Crippen LogP contribution in [0.15, 0.2) is 36.4 Å². The number of hydrogen-bond acceptors (Lipinski definition) is 4. The summed E-state index contributed by atoms with van der Waals surface area (Å²) in [7, 11) is 0. The fourth-order valence-electron chi connectivity index (χ4n) is 3.03. The molecule has 1 N–H and O–H groups in total. The van der Waals surface area contributed by atoms with Gasteiger partial charge in [-0.05, 0) is 31.9 Å². The van der Waals surface area contributed by atoms with E-state index in [1.165, 1.54) is 0 Å². The van der Waals surface area contributed by atoms with Gasteiger partial charge in [-0.1, -0.05) is 30.3 Å². The van der Waals surface area contributed by atoms with Gasteiger partial charge >= 0.3 is 0 Å². The summed E-state index contributed by atoms with van der Waals surface area (Å²) in [6.07, 6.45) is 0.585. The number of aryl methyl sites for hydroxylation is 2. The Balaban J connectivity index is 1.63. The van der Waals surface area contributed by atoms with E-state index >= 15 is 0 Å². The van der Waals surface area contributed by atoms with Gasteiger partial charge in [0.2, 0.25) is 0 Å². The Morgan fingerprint density at radius 2 is 2.20 bits per heavy atom. The average Bonchev–Trinajstić information content (AvgIpc) is 3.03. The van der Waals surface area contributed by atoms with Crippen molar-refractivity contribution in [1.29, 1.82) is 0 Å². The summed E-state index contributed by atoms with van der Waals surface area (Å²) in [5.74, 6) is -0.109. The standard InChI is InChI=1S/C19H25N3O3/c1-3-22-17(11-14(2)21-22)19(23)20-16-9-10-24-13-18(16)25-12-15-7-5-4-6-8-15/h4-8,11,16,18H,3,9-10,12-13H2,1-2H3,(H,20,23)/t16-,18-/m1/s1. The third kappa shape index (κ3) is 4.46. The van der Waals surface area contributed by atoms with Crippen LogP contribution in [-0.4, -0.2) is 41.0 Å². The number of rotatable bonds is 6. The van der Waals surface area contributed by atoms with Gasteiger partial charge in [0.15, 0.2) is 0 Å². The summed E-state index contributed by atoms with van der Waals surface area (Å²) in [6.45, 7) is 6.16. The fourth-order valence-corrected chi connectivity index (χ4v) is 3.03. The summed E-state index contributed by atoms with van der Waals surface area (Å²) in [4.78, 5) is 12.7. The molecule has 134 valence electrons. The Labute approximate surface area is 148 Å². The number of amides is 1. The Bertz CT molecular complexity index is 699. The topological polar surface area (TPSA) is 65.4 Å². The molecule has 2 heterocycles. The van der Waals surface area contributed by atoms with Crippen LogP contribution in [0.25, 0.3) is 0 Å². The average molecular weight is 343 g/mol. The van der Waals surface area contributed by atoms with Crippen molar-refractivity contribution < 1.29 is 14.3 Å². The highest BCUT2D eigenvalue weighted by Gasteiger charge is 2.29. The van der Waals surface area contributed by atoms with Crippen molar-refractivity contribution >= 4 is 5.91 Å². The third-order valence-electron chi connectivity index (χ3n) is 4.36. The summed E-state index contributed by atoms with van der Waals surface area (Å²) < 4.78 is 13.3. The Kier molecular flexibility index (Phi) is 5.83. The first-order chi connectivity index (χ1) is 12.2. The summed E-state index contributed by atoms with van der Waals surface area (Å²) >= 11 is 0. The summed E-state index contributed by atoms with van der Waals surface area (Å²) in [6, 6.07) is 11.8. The van der Waals surface area contributed by atoms with Crippen molar-refractivity contribution in [2.45, 2.75) is 45.6 Å². The lowest BCUT2D eigenvalue weighted by molar-refractivity contribution is -0.0736. The van der Waals surface area contributed by atoms with E-state index in [1.54, 1.807) is 4.68 Å². The molecule has 0 saturated carbocycles. The predicted molar refractivity (Wildman–Crippen MR) is 94.3 cm³/mol. The molecule has 25 heavy (non-hydrogen) atoms. The maximum atomic E-state index is 12.7. The minimum absolute atomic E-state index is 0.0644. The molecule has 6 nitrogen and oxygen atoms in total. The van der Waals surface area contributed by atoms with Crippen LogP contribution in [0.2, 0.25) is 0 Å². The van der Waals surface area contributed by atoms with Gasteiger partial charge in [0.05, 0.1) is 24.9 Å². The smallest absolute Gasteiger partial charge is 0.269 e. The molecule has 1 amide bonds. The van der Waals surface area contributed by atoms with Crippen LogP contribution in [0, 0.1) is 6.92 Å². The van der Waals surface area contributed by atoms with E-state index < -0.39 is 0 Å². The summed E-state index contributed by atoms with van der Waals surface area (Å²) in [5, 5.41) is 7.44. The molecule has 1 aliphatic heterocycles. The molecule has 0 unspecified atom stereocenters. The number of hydrogen-bond donors (Lipinski definition) is 1. The number of nitrogens with one attached hydrogen (secondary N) is 1. The molecule has 3 rings (SSSR count). The first kappa shape index (κ1) is 17.6. The first-order valence-corrected chi connectivity index (χ1v) is 8.76. The minimum Gasteiger partial charge on any atom is -0.379 e. The van der Waals surface area contributed by atoms with Gasteiger partial charge in [-0.15, -0.1) is 0 Å². The zero-order chi connectivity index (χ0) is 17.6. The molecule has 1 aromatic carbocycles. The lowest BCUT2D eigenvalue weighted by Crippen LogP contribution is -2.50. The molecule has 0 bridgehead atoms. The van der Waals surface area contributed by atoms with E-state index in [4.69, 9.17) is 9.47 Å². The monoisotopic (exact) mass is 343 g/mol. The normalized spacial score (nSPS) is 20.4. The Hall–Kier alpha value is -2.18. The molecule has 1 fully saturated rings. The quantitative estimate of drug-likeness (QED) is 0.874. The number of aromatic nitrogens is 2. The molecule has 2 aromatic rings. The van der Waals surface area contributed by atoms with Gasteiger partial charge in [0, 0.05) is 13.2 Å². The number of ether oxygens (including phenoxy) is 2. The van der Waals surface area contributed by atoms with Crippen molar-refractivity contribution in [3.05, 3.63) is 53.3 Å². The molecule has 0 aliphatic carbocycles. The van der Waals surface area contributed by atoms with Crippen LogP contribution in [0.1, 0.15) is 35.1 Å². The lowest BCUT2D eigenvalue weighted by atomic mass is 10.1. The van der Waals surface area contributed by atoms with Crippen molar-refractivity contribution in [3.8, 4) is 0 Å². The number of carbonyl (C=O) groups excluding carboxylic acids is 1. The lowest BCUT2D eigenvalue weighted by Gasteiger charge is -2.32. The van der Waals surface area contributed by atoms with E-state index in [9.17, 15) is 4.79 Å². The minimum atomic E-state index is -0.156. The van der Waals surface area contributed by atoms with Crippen LogP contribution in [0.5, 0.6) is 0 Å². The van der Waals surface area contributed by atoms with Crippen LogP contribution in [-0.2, 0) is 22.6 Å². The molecule has 0 spiro atoms. The Morgan fingerprint density at radius 1 is 1.40 bits per heavy atom. The number of carbonyl (C=O) groups is 1. The fraction of sp³-hybridized carbons (Fsp3) is 0.474. The zero-order valence-corrected chi connectivity index (χ0v) is 14.8. The number of benzene rings is 1. The summed E-state index contributed by atoms with van der Waals surface area (Å²) in [5.41, 5.74) is 2.54. The van der Waals surface area contributed by atoms with Gasteiger partial charge in [0.25, 0.3) is 5.91 Å². The molecular formula is C19H25N3O3. The second-order valence-electron chi connectivity index (χ2n) is 6.27. The molecule has 2 atom stereocenters. The highest BCUT2D eigenvalue weighted by Crippen LogP contribution is 2.15. The maximum absolute atomic E-state index is 12.7. The van der Waals surface area contributed by atoms with Gasteiger partial charge in [0.1, 0.15) is 11.8 Å². The van der Waals surface area contributed by atoms with Gasteiger partial charge in [-0.2, -0.15) is 5.10 Å². The van der Waals surface area contributed by atoms with Crippen LogP contribution < -0.4 is 5.32 Å². The molecule has 0 radical (unpaired) electrons. The molecule has 1 aliphatic rings. The second kappa shape index (κ2) is 8.27. The van der Waals surface area contributed by atoms with Crippen LogP contribution >= 0.6 is 0 Å². The molecule has 1 aromatic heterocycles. The molecule has 1 saturated heterocycles. The van der Waals surface area contributed by atoms with E-state index in [0.717, 1.165) is 17.7 Å². The number of nitrogens with zero attached hydrogens (tertiary/aromatic N) is 2. The molecule has 6 heteroatoms. The predicted octanol–water partition coefficient (Wildman–Crippen LogP) is 2.32. The van der Waals surface area contributed by atoms with Crippen molar-refractivity contribution in [1.82, 2.24) is 15.1 Å².